The van der Waals surface area contributed by atoms with Gasteiger partial charge in [0.1, 0.15) is 11.6 Å². The number of nitrogens with zero attached hydrogens (tertiary/aromatic N) is 2. The van der Waals surface area contributed by atoms with E-state index in [1.54, 1.807) is 22.8 Å². The lowest BCUT2D eigenvalue weighted by atomic mass is 10.2. The van der Waals surface area contributed by atoms with Gasteiger partial charge in [-0.25, -0.2) is 9.37 Å². The Bertz CT molecular complexity index is 537. The third kappa shape index (κ3) is 2.18. The van der Waals surface area contributed by atoms with Crippen LogP contribution in [0.3, 0.4) is 0 Å². The summed E-state index contributed by atoms with van der Waals surface area (Å²) < 4.78 is 15.5. The summed E-state index contributed by atoms with van der Waals surface area (Å²) >= 11 is 6.04. The molecule has 0 spiro atoms. The van der Waals surface area contributed by atoms with Crippen molar-refractivity contribution in [2.24, 2.45) is 7.05 Å². The molecule has 0 atom stereocenters. The molecule has 0 fully saturated rings. The maximum Gasteiger partial charge on any atom is 0.152 e. The molecule has 0 saturated carbocycles. The second-order valence-electron chi connectivity index (χ2n) is 3.74. The maximum absolute atomic E-state index is 13.7. The number of imidazole rings is 1. The molecule has 5 heteroatoms. The van der Waals surface area contributed by atoms with Gasteiger partial charge in [-0.05, 0) is 19.2 Å². The van der Waals surface area contributed by atoms with Crippen molar-refractivity contribution in [3.63, 3.8) is 0 Å². The first-order chi connectivity index (χ1) is 8.15. The lowest BCUT2D eigenvalue weighted by Crippen LogP contribution is -2.10. The lowest BCUT2D eigenvalue weighted by Gasteiger charge is -2.06. The van der Waals surface area contributed by atoms with Crippen molar-refractivity contribution in [1.29, 1.82) is 0 Å². The molecule has 0 amide bonds. The Morgan fingerprint density at radius 2 is 2.12 bits per heavy atom. The topological polar surface area (TPSA) is 29.9 Å². The average Bonchev–Trinajstić information content (AvgIpc) is 2.58. The van der Waals surface area contributed by atoms with E-state index >= 15 is 0 Å². The van der Waals surface area contributed by atoms with E-state index in [2.05, 4.69) is 10.3 Å². The minimum absolute atomic E-state index is 0.298. The zero-order valence-corrected chi connectivity index (χ0v) is 10.4. The zero-order chi connectivity index (χ0) is 12.4. The van der Waals surface area contributed by atoms with Crippen molar-refractivity contribution in [2.75, 3.05) is 7.05 Å². The Balaban J connectivity index is 2.54. The third-order valence-corrected chi connectivity index (χ3v) is 2.93. The van der Waals surface area contributed by atoms with Gasteiger partial charge in [-0.15, -0.1) is 0 Å². The summed E-state index contributed by atoms with van der Waals surface area (Å²) in [5, 5.41) is 3.41. The van der Waals surface area contributed by atoms with Crippen LogP contribution in [0.1, 0.15) is 5.69 Å². The molecule has 1 heterocycles. The van der Waals surface area contributed by atoms with Crippen LogP contribution in [0, 0.1) is 5.82 Å². The lowest BCUT2D eigenvalue weighted by molar-refractivity contribution is 0.628. The third-order valence-electron chi connectivity index (χ3n) is 2.62. The molecule has 90 valence electrons. The molecule has 1 N–H and O–H groups in total. The summed E-state index contributed by atoms with van der Waals surface area (Å²) in [6, 6.07) is 6.53. The molecule has 2 rings (SSSR count). The van der Waals surface area contributed by atoms with Gasteiger partial charge in [-0.3, -0.25) is 0 Å². The molecule has 0 bridgehead atoms. The Morgan fingerprint density at radius 1 is 1.41 bits per heavy atom. The molecule has 1 aromatic heterocycles. The number of nitrogens with one attached hydrogen (secondary N) is 1. The highest BCUT2D eigenvalue weighted by Crippen LogP contribution is 2.26. The Kier molecular flexibility index (Phi) is 3.45. The number of aromatic nitrogens is 2. The molecule has 17 heavy (non-hydrogen) atoms. The average molecular weight is 254 g/mol. The molecule has 0 saturated heterocycles. The molecule has 0 unspecified atom stereocenters. The van der Waals surface area contributed by atoms with Gasteiger partial charge < -0.3 is 9.88 Å². The fourth-order valence-electron chi connectivity index (χ4n) is 1.74. The van der Waals surface area contributed by atoms with E-state index in [1.807, 2.05) is 14.1 Å². The number of hydrogen-bond donors (Lipinski definition) is 1. The van der Waals surface area contributed by atoms with E-state index in [-0.39, 0.29) is 5.82 Å². The molecule has 0 aliphatic carbocycles. The maximum atomic E-state index is 13.7. The van der Waals surface area contributed by atoms with Crippen LogP contribution in [0.2, 0.25) is 5.15 Å². The quantitative estimate of drug-likeness (QED) is 0.911. The van der Waals surface area contributed by atoms with E-state index in [0.717, 1.165) is 5.69 Å². The molecule has 0 aliphatic rings. The molecule has 0 aliphatic heterocycles. The van der Waals surface area contributed by atoms with Gasteiger partial charge in [-0.1, -0.05) is 23.7 Å². The van der Waals surface area contributed by atoms with Crippen molar-refractivity contribution in [3.05, 3.63) is 40.9 Å². The standard InChI is InChI=1S/C12H13ClFN3/c1-15-7-10-11(13)16-12(17(10)2)8-5-3-4-6-9(8)14/h3-6,15H,7H2,1-2H3. The molecule has 0 radical (unpaired) electrons. The van der Waals surface area contributed by atoms with E-state index in [0.29, 0.717) is 23.1 Å². The van der Waals surface area contributed by atoms with Crippen LogP contribution in [0.4, 0.5) is 4.39 Å². The van der Waals surface area contributed by atoms with Crippen LogP contribution in [0.25, 0.3) is 11.4 Å². The first-order valence-corrected chi connectivity index (χ1v) is 5.63. The number of halogens is 2. The predicted molar refractivity (Wildman–Crippen MR) is 66.4 cm³/mol. The second kappa shape index (κ2) is 4.85. The second-order valence-corrected chi connectivity index (χ2v) is 4.10. The van der Waals surface area contributed by atoms with Crippen molar-refractivity contribution < 1.29 is 4.39 Å². The normalized spacial score (nSPS) is 10.8. The van der Waals surface area contributed by atoms with E-state index < -0.39 is 0 Å². The first kappa shape index (κ1) is 12.1. The minimum atomic E-state index is -0.298. The molecule has 2 aromatic rings. The molecular weight excluding hydrogens is 241 g/mol. The van der Waals surface area contributed by atoms with Gasteiger partial charge in [-0.2, -0.15) is 0 Å². The summed E-state index contributed by atoms with van der Waals surface area (Å²) in [6.07, 6.45) is 0. The highest BCUT2D eigenvalue weighted by Gasteiger charge is 2.16. The Hall–Kier alpha value is -1.39. The van der Waals surface area contributed by atoms with Crippen LogP contribution < -0.4 is 5.32 Å². The monoisotopic (exact) mass is 253 g/mol. The number of rotatable bonds is 3. The Morgan fingerprint density at radius 3 is 2.76 bits per heavy atom. The smallest absolute Gasteiger partial charge is 0.152 e. The van der Waals surface area contributed by atoms with E-state index in [9.17, 15) is 4.39 Å². The summed E-state index contributed by atoms with van der Waals surface area (Å²) in [6.45, 7) is 0.594. The molecular formula is C12H13ClFN3. The fourth-order valence-corrected chi connectivity index (χ4v) is 2.01. The van der Waals surface area contributed by atoms with Gasteiger partial charge >= 0.3 is 0 Å². The van der Waals surface area contributed by atoms with E-state index in [4.69, 9.17) is 11.6 Å². The first-order valence-electron chi connectivity index (χ1n) is 5.25. The van der Waals surface area contributed by atoms with Crippen LogP contribution in [0.15, 0.2) is 24.3 Å². The summed E-state index contributed by atoms with van der Waals surface area (Å²) in [4.78, 5) is 4.21. The van der Waals surface area contributed by atoms with Crippen LogP contribution in [0.5, 0.6) is 0 Å². The fraction of sp³-hybridized carbons (Fsp3) is 0.250. The van der Waals surface area contributed by atoms with E-state index in [1.165, 1.54) is 6.07 Å². The summed E-state index contributed by atoms with van der Waals surface area (Å²) in [5.74, 6) is 0.242. The van der Waals surface area contributed by atoms with Gasteiger partial charge in [0, 0.05) is 13.6 Å². The van der Waals surface area contributed by atoms with Crippen molar-refractivity contribution in [3.8, 4) is 11.4 Å². The summed E-state index contributed by atoms with van der Waals surface area (Å²) in [5.41, 5.74) is 1.30. The van der Waals surface area contributed by atoms with Gasteiger partial charge in [0.2, 0.25) is 0 Å². The highest BCUT2D eigenvalue weighted by atomic mass is 35.5. The largest absolute Gasteiger partial charge is 0.329 e. The minimum Gasteiger partial charge on any atom is -0.329 e. The zero-order valence-electron chi connectivity index (χ0n) is 9.67. The number of benzene rings is 1. The van der Waals surface area contributed by atoms with Crippen molar-refractivity contribution in [1.82, 2.24) is 14.9 Å². The summed E-state index contributed by atoms with van der Waals surface area (Å²) in [7, 11) is 3.65. The van der Waals surface area contributed by atoms with Gasteiger partial charge in [0.25, 0.3) is 0 Å². The van der Waals surface area contributed by atoms with Crippen LogP contribution in [-0.4, -0.2) is 16.6 Å². The van der Waals surface area contributed by atoms with Crippen LogP contribution in [-0.2, 0) is 13.6 Å². The van der Waals surface area contributed by atoms with Crippen molar-refractivity contribution >= 4 is 11.6 Å². The molecule has 1 aromatic carbocycles. The molecule has 3 nitrogen and oxygen atoms in total. The number of hydrogen-bond acceptors (Lipinski definition) is 2. The SMILES string of the molecule is CNCc1c(Cl)nc(-c2ccccc2F)n1C. The van der Waals surface area contributed by atoms with Crippen LogP contribution >= 0.6 is 11.6 Å². The van der Waals surface area contributed by atoms with Gasteiger partial charge in [0.15, 0.2) is 5.15 Å². The van der Waals surface area contributed by atoms with Crippen molar-refractivity contribution in [2.45, 2.75) is 6.54 Å². The Labute approximate surface area is 104 Å². The predicted octanol–water partition coefficient (Wildman–Crippen LogP) is 2.60. The highest BCUT2D eigenvalue weighted by molar-refractivity contribution is 6.30. The van der Waals surface area contributed by atoms with Gasteiger partial charge in [0.05, 0.1) is 11.3 Å².